The number of pyridine rings is 1. The van der Waals surface area contributed by atoms with Crippen LogP contribution in [-0.4, -0.2) is 48.9 Å². The molecule has 7 nitrogen and oxygen atoms in total. The molecule has 0 aromatic carbocycles. The molecule has 1 aromatic heterocycles. The average Bonchev–Trinajstić information content (AvgIpc) is 2.46. The topological polar surface area (TPSA) is 110 Å². The van der Waals surface area contributed by atoms with Crippen LogP contribution in [0.1, 0.15) is 12.8 Å². The minimum absolute atomic E-state index is 0.0246. The van der Waals surface area contributed by atoms with Crippen molar-refractivity contribution in [3.05, 3.63) is 18.3 Å². The highest BCUT2D eigenvalue weighted by Gasteiger charge is 2.02. The number of carbonyl (C=O) groups is 1. The van der Waals surface area contributed by atoms with Gasteiger partial charge in [0.2, 0.25) is 5.91 Å². The Morgan fingerprint density at radius 2 is 2.25 bits per heavy atom. The molecular weight excluding hydrogens is 260 g/mol. The molecule has 0 radical (unpaired) electrons. The first-order valence-corrected chi connectivity index (χ1v) is 6.64. The highest BCUT2D eigenvalue weighted by molar-refractivity contribution is 5.90. The predicted molar refractivity (Wildman–Crippen MR) is 77.5 cm³/mol. The summed E-state index contributed by atoms with van der Waals surface area (Å²) in [7, 11) is 0. The van der Waals surface area contributed by atoms with Crippen molar-refractivity contribution < 1.29 is 14.6 Å². The molecule has 0 aliphatic rings. The maximum absolute atomic E-state index is 11.5. The molecule has 0 aliphatic heterocycles. The molecule has 0 unspecified atom stereocenters. The number of hydrogen-bond donors (Lipinski definition) is 4. The predicted octanol–water partition coefficient (Wildman–Crippen LogP) is 0.180. The fourth-order valence-electron chi connectivity index (χ4n) is 1.48. The van der Waals surface area contributed by atoms with Crippen molar-refractivity contribution >= 4 is 17.4 Å². The van der Waals surface area contributed by atoms with Crippen LogP contribution < -0.4 is 16.4 Å². The number of aliphatic hydroxyl groups excluding tert-OH is 1. The lowest BCUT2D eigenvalue weighted by Gasteiger charge is -2.08. The summed E-state index contributed by atoms with van der Waals surface area (Å²) in [6.45, 7) is 1.97. The van der Waals surface area contributed by atoms with Gasteiger partial charge in [-0.1, -0.05) is 0 Å². The van der Waals surface area contributed by atoms with E-state index in [-0.39, 0.29) is 12.5 Å². The third kappa shape index (κ3) is 7.03. The maximum atomic E-state index is 11.5. The van der Waals surface area contributed by atoms with Gasteiger partial charge in [-0.05, 0) is 25.1 Å². The SMILES string of the molecule is NCCCC(=O)Nc1ccc(NCCOCCO)nc1. The van der Waals surface area contributed by atoms with Gasteiger partial charge < -0.3 is 26.2 Å². The number of rotatable bonds is 10. The molecule has 0 spiro atoms. The molecule has 0 atom stereocenters. The first kappa shape index (κ1) is 16.4. The van der Waals surface area contributed by atoms with Gasteiger partial charge >= 0.3 is 0 Å². The van der Waals surface area contributed by atoms with Crippen LogP contribution in [0.5, 0.6) is 0 Å². The summed E-state index contributed by atoms with van der Waals surface area (Å²) >= 11 is 0. The first-order valence-electron chi connectivity index (χ1n) is 6.64. The van der Waals surface area contributed by atoms with Gasteiger partial charge in [0.05, 0.1) is 31.7 Å². The fourth-order valence-corrected chi connectivity index (χ4v) is 1.48. The number of carbonyl (C=O) groups excluding carboxylic acids is 1. The van der Waals surface area contributed by atoms with E-state index >= 15 is 0 Å². The molecule has 7 heteroatoms. The summed E-state index contributed by atoms with van der Waals surface area (Å²) in [5, 5.41) is 14.4. The van der Waals surface area contributed by atoms with E-state index in [9.17, 15) is 4.79 Å². The number of aliphatic hydroxyl groups is 1. The Bertz CT molecular complexity index is 384. The second-order valence-corrected chi connectivity index (χ2v) is 4.14. The van der Waals surface area contributed by atoms with Crippen molar-refractivity contribution in [1.82, 2.24) is 4.98 Å². The second kappa shape index (κ2) is 10.1. The minimum atomic E-state index is -0.0598. The Kier molecular flexibility index (Phi) is 8.28. The lowest BCUT2D eigenvalue weighted by Crippen LogP contribution is -2.14. The van der Waals surface area contributed by atoms with E-state index in [4.69, 9.17) is 15.6 Å². The van der Waals surface area contributed by atoms with Crippen LogP contribution in [0.15, 0.2) is 18.3 Å². The summed E-state index contributed by atoms with van der Waals surface area (Å²) in [4.78, 5) is 15.7. The zero-order valence-electron chi connectivity index (χ0n) is 11.5. The highest BCUT2D eigenvalue weighted by Crippen LogP contribution is 2.09. The van der Waals surface area contributed by atoms with Crippen molar-refractivity contribution in [2.24, 2.45) is 5.73 Å². The molecule has 0 saturated heterocycles. The molecular formula is C13H22N4O3. The van der Waals surface area contributed by atoms with Gasteiger partial charge in [-0.2, -0.15) is 0 Å². The van der Waals surface area contributed by atoms with Crippen LogP contribution >= 0.6 is 0 Å². The van der Waals surface area contributed by atoms with Gasteiger partial charge in [0.25, 0.3) is 0 Å². The molecule has 0 saturated carbocycles. The smallest absolute Gasteiger partial charge is 0.224 e. The number of aromatic nitrogens is 1. The number of amides is 1. The van der Waals surface area contributed by atoms with E-state index in [1.54, 1.807) is 18.3 Å². The van der Waals surface area contributed by atoms with E-state index in [2.05, 4.69) is 15.6 Å². The molecule has 1 rings (SSSR count). The van der Waals surface area contributed by atoms with Gasteiger partial charge in [0.15, 0.2) is 0 Å². The molecule has 0 fully saturated rings. The molecule has 20 heavy (non-hydrogen) atoms. The third-order valence-corrected chi connectivity index (χ3v) is 2.44. The molecule has 1 heterocycles. The van der Waals surface area contributed by atoms with E-state index < -0.39 is 0 Å². The fraction of sp³-hybridized carbons (Fsp3) is 0.538. The number of ether oxygens (including phenoxy) is 1. The summed E-state index contributed by atoms with van der Waals surface area (Å²) in [6, 6.07) is 3.56. The Hall–Kier alpha value is -1.70. The number of hydrogen-bond acceptors (Lipinski definition) is 6. The molecule has 0 aliphatic carbocycles. The Morgan fingerprint density at radius 1 is 1.40 bits per heavy atom. The molecule has 112 valence electrons. The maximum Gasteiger partial charge on any atom is 0.224 e. The van der Waals surface area contributed by atoms with Crippen LogP contribution in [0.25, 0.3) is 0 Å². The standard InChI is InChI=1S/C13H22N4O3/c14-5-1-2-13(19)17-11-3-4-12(16-10-11)15-6-8-20-9-7-18/h3-4,10,18H,1-2,5-9,14H2,(H,15,16)(H,17,19). The lowest BCUT2D eigenvalue weighted by atomic mass is 10.3. The third-order valence-electron chi connectivity index (χ3n) is 2.44. The molecule has 5 N–H and O–H groups in total. The van der Waals surface area contributed by atoms with E-state index in [0.717, 1.165) is 0 Å². The van der Waals surface area contributed by atoms with Crippen LogP contribution in [0, 0.1) is 0 Å². The van der Waals surface area contributed by atoms with Crippen LogP contribution in [0.2, 0.25) is 0 Å². The number of anilines is 2. The van der Waals surface area contributed by atoms with Crippen molar-refractivity contribution in [2.45, 2.75) is 12.8 Å². The zero-order valence-corrected chi connectivity index (χ0v) is 11.5. The number of nitrogens with one attached hydrogen (secondary N) is 2. The second-order valence-electron chi connectivity index (χ2n) is 4.14. The van der Waals surface area contributed by atoms with Crippen molar-refractivity contribution in [3.8, 4) is 0 Å². The van der Waals surface area contributed by atoms with Gasteiger partial charge in [-0.25, -0.2) is 4.98 Å². The van der Waals surface area contributed by atoms with Gasteiger partial charge in [0.1, 0.15) is 5.82 Å². The van der Waals surface area contributed by atoms with Gasteiger partial charge in [-0.15, -0.1) is 0 Å². The average molecular weight is 282 g/mol. The monoisotopic (exact) mass is 282 g/mol. The minimum Gasteiger partial charge on any atom is -0.394 e. The quantitative estimate of drug-likeness (QED) is 0.456. The van der Waals surface area contributed by atoms with E-state index in [1.807, 2.05) is 0 Å². The normalized spacial score (nSPS) is 10.3. The summed E-state index contributed by atoms with van der Waals surface area (Å²) in [5.41, 5.74) is 6.00. The highest BCUT2D eigenvalue weighted by atomic mass is 16.5. The molecule has 0 bridgehead atoms. The molecule has 1 amide bonds. The Morgan fingerprint density at radius 3 is 2.90 bits per heavy atom. The van der Waals surface area contributed by atoms with E-state index in [0.29, 0.717) is 50.7 Å². The van der Waals surface area contributed by atoms with Gasteiger partial charge in [-0.3, -0.25) is 4.79 Å². The lowest BCUT2D eigenvalue weighted by molar-refractivity contribution is -0.116. The molecule has 1 aromatic rings. The zero-order chi connectivity index (χ0) is 14.6. The summed E-state index contributed by atoms with van der Waals surface area (Å²) < 4.78 is 5.11. The summed E-state index contributed by atoms with van der Waals surface area (Å²) in [6.07, 6.45) is 2.68. The van der Waals surface area contributed by atoms with Crippen LogP contribution in [-0.2, 0) is 9.53 Å². The number of nitrogens with two attached hydrogens (primary N) is 1. The Balaban J connectivity index is 2.27. The number of nitrogens with zero attached hydrogens (tertiary/aromatic N) is 1. The van der Waals surface area contributed by atoms with Crippen molar-refractivity contribution in [2.75, 3.05) is 43.5 Å². The van der Waals surface area contributed by atoms with Crippen LogP contribution in [0.3, 0.4) is 0 Å². The van der Waals surface area contributed by atoms with Crippen molar-refractivity contribution in [1.29, 1.82) is 0 Å². The van der Waals surface area contributed by atoms with Crippen molar-refractivity contribution in [3.63, 3.8) is 0 Å². The van der Waals surface area contributed by atoms with Crippen LogP contribution in [0.4, 0.5) is 11.5 Å². The van der Waals surface area contributed by atoms with E-state index in [1.165, 1.54) is 0 Å². The Labute approximate surface area is 118 Å². The largest absolute Gasteiger partial charge is 0.394 e. The first-order chi connectivity index (χ1) is 9.76. The van der Waals surface area contributed by atoms with Gasteiger partial charge in [0, 0.05) is 13.0 Å². The summed E-state index contributed by atoms with van der Waals surface area (Å²) in [5.74, 6) is 0.646.